The van der Waals surface area contributed by atoms with Gasteiger partial charge in [0.15, 0.2) is 0 Å². The number of likely N-dealkylation sites (tertiary alicyclic amines) is 1. The molecule has 0 radical (unpaired) electrons. The molecule has 138 valence electrons. The lowest BCUT2D eigenvalue weighted by Crippen LogP contribution is -2.38. The molecule has 2 heterocycles. The number of amides is 2. The topological polar surface area (TPSA) is 62.3 Å². The molecule has 1 fully saturated rings. The van der Waals surface area contributed by atoms with Crippen LogP contribution in [0, 0.1) is 5.82 Å². The summed E-state index contributed by atoms with van der Waals surface area (Å²) in [5, 5.41) is 5.89. The summed E-state index contributed by atoms with van der Waals surface area (Å²) in [4.78, 5) is 29.8. The summed E-state index contributed by atoms with van der Waals surface area (Å²) in [5.41, 5.74) is 1.13. The highest BCUT2D eigenvalue weighted by Crippen LogP contribution is 2.31. The molecule has 0 saturated carbocycles. The van der Waals surface area contributed by atoms with Crippen molar-refractivity contribution in [1.82, 2.24) is 15.2 Å². The molecule has 5 nitrogen and oxygen atoms in total. The monoisotopic (exact) mass is 375 g/mol. The molecule has 1 aromatic carbocycles. The number of nitrogens with zero attached hydrogens (tertiary/aromatic N) is 2. The zero-order chi connectivity index (χ0) is 18.5. The Balaban J connectivity index is 1.54. The molecule has 1 N–H and O–H groups in total. The predicted octanol–water partition coefficient (Wildman–Crippen LogP) is 2.98. The van der Waals surface area contributed by atoms with Crippen molar-refractivity contribution in [3.63, 3.8) is 0 Å². The molecule has 1 aromatic heterocycles. The molecule has 2 amide bonds. The van der Waals surface area contributed by atoms with Crippen LogP contribution in [0.25, 0.3) is 0 Å². The number of carbonyl (C=O) groups excluding carboxylic acids is 2. The Morgan fingerprint density at radius 1 is 1.31 bits per heavy atom. The minimum Gasteiger partial charge on any atom is -0.356 e. The quantitative estimate of drug-likeness (QED) is 0.874. The van der Waals surface area contributed by atoms with Crippen LogP contribution >= 0.6 is 11.3 Å². The van der Waals surface area contributed by atoms with Crippen molar-refractivity contribution in [2.75, 3.05) is 19.6 Å². The largest absolute Gasteiger partial charge is 0.356 e. The maximum Gasteiger partial charge on any atom is 0.256 e. The van der Waals surface area contributed by atoms with Gasteiger partial charge in [-0.2, -0.15) is 0 Å². The molecule has 0 spiro atoms. The molecule has 0 aliphatic carbocycles. The number of halogens is 1. The lowest BCUT2D eigenvalue weighted by Gasteiger charge is -2.31. The SMILES string of the molecule is CC(=O)NCCc1csc(C2CCN(C(=O)c3ccccc3F)CC2)n1. The van der Waals surface area contributed by atoms with E-state index < -0.39 is 5.82 Å². The molecule has 7 heteroatoms. The maximum absolute atomic E-state index is 13.8. The first kappa shape index (κ1) is 18.5. The van der Waals surface area contributed by atoms with Gasteiger partial charge in [0.1, 0.15) is 5.82 Å². The lowest BCUT2D eigenvalue weighted by atomic mass is 9.97. The highest BCUT2D eigenvalue weighted by Gasteiger charge is 2.27. The normalized spacial score (nSPS) is 15.1. The Morgan fingerprint density at radius 3 is 2.73 bits per heavy atom. The van der Waals surface area contributed by atoms with Crippen molar-refractivity contribution in [1.29, 1.82) is 0 Å². The summed E-state index contributed by atoms with van der Waals surface area (Å²) in [6.45, 7) is 3.31. The number of hydrogen-bond donors (Lipinski definition) is 1. The third-order valence-corrected chi connectivity index (χ3v) is 5.62. The van der Waals surface area contributed by atoms with E-state index in [-0.39, 0.29) is 17.4 Å². The molecule has 2 aromatic rings. The van der Waals surface area contributed by atoms with Gasteiger partial charge in [-0.25, -0.2) is 9.37 Å². The highest BCUT2D eigenvalue weighted by atomic mass is 32.1. The number of piperidine rings is 1. The van der Waals surface area contributed by atoms with Crippen LogP contribution in [0.5, 0.6) is 0 Å². The molecule has 3 rings (SSSR count). The van der Waals surface area contributed by atoms with Crippen LogP contribution in [-0.4, -0.2) is 41.3 Å². The number of carbonyl (C=O) groups is 2. The first-order chi connectivity index (χ1) is 12.5. The van der Waals surface area contributed by atoms with Gasteiger partial charge in [-0.15, -0.1) is 11.3 Å². The number of thiazole rings is 1. The Hall–Kier alpha value is -2.28. The van der Waals surface area contributed by atoms with E-state index in [9.17, 15) is 14.0 Å². The fraction of sp³-hybridized carbons (Fsp3) is 0.421. The third kappa shape index (κ3) is 4.46. The Kier molecular flexibility index (Phi) is 5.98. The first-order valence-corrected chi connectivity index (χ1v) is 9.65. The average molecular weight is 375 g/mol. The van der Waals surface area contributed by atoms with E-state index in [0.717, 1.165) is 30.0 Å². The number of benzene rings is 1. The fourth-order valence-corrected chi connectivity index (χ4v) is 4.15. The summed E-state index contributed by atoms with van der Waals surface area (Å²) in [6, 6.07) is 6.12. The number of nitrogens with one attached hydrogen (secondary N) is 1. The number of hydrogen-bond acceptors (Lipinski definition) is 4. The summed E-state index contributed by atoms with van der Waals surface area (Å²) in [7, 11) is 0. The molecule has 0 unspecified atom stereocenters. The zero-order valence-electron chi connectivity index (χ0n) is 14.7. The second kappa shape index (κ2) is 8.40. The van der Waals surface area contributed by atoms with E-state index in [0.29, 0.717) is 25.6 Å². The van der Waals surface area contributed by atoms with E-state index >= 15 is 0 Å². The third-order valence-electron chi connectivity index (χ3n) is 4.56. The molecule has 1 aliphatic heterocycles. The van der Waals surface area contributed by atoms with E-state index in [1.54, 1.807) is 28.4 Å². The van der Waals surface area contributed by atoms with E-state index in [4.69, 9.17) is 0 Å². The van der Waals surface area contributed by atoms with Gasteiger partial charge in [-0.05, 0) is 25.0 Å². The summed E-state index contributed by atoms with van der Waals surface area (Å²) in [6.07, 6.45) is 2.39. The van der Waals surface area contributed by atoms with Gasteiger partial charge in [0, 0.05) is 44.3 Å². The summed E-state index contributed by atoms with van der Waals surface area (Å²) < 4.78 is 13.8. The first-order valence-electron chi connectivity index (χ1n) is 8.77. The van der Waals surface area contributed by atoms with Gasteiger partial charge in [0.2, 0.25) is 5.91 Å². The molecule has 1 aliphatic rings. The van der Waals surface area contributed by atoms with Crippen molar-refractivity contribution in [2.45, 2.75) is 32.1 Å². The van der Waals surface area contributed by atoms with Gasteiger partial charge >= 0.3 is 0 Å². The van der Waals surface area contributed by atoms with Crippen LogP contribution in [0.2, 0.25) is 0 Å². The lowest BCUT2D eigenvalue weighted by molar-refractivity contribution is -0.118. The van der Waals surface area contributed by atoms with Crippen molar-refractivity contribution in [2.24, 2.45) is 0 Å². The molecule has 0 atom stereocenters. The Bertz CT molecular complexity index is 785. The smallest absolute Gasteiger partial charge is 0.256 e. The second-order valence-electron chi connectivity index (χ2n) is 6.46. The van der Waals surface area contributed by atoms with Crippen molar-refractivity contribution >= 4 is 23.2 Å². The minimum atomic E-state index is -0.469. The predicted molar refractivity (Wildman–Crippen MR) is 98.8 cm³/mol. The van der Waals surface area contributed by atoms with Crippen molar-refractivity contribution in [3.05, 3.63) is 51.7 Å². The van der Waals surface area contributed by atoms with Gasteiger partial charge in [0.25, 0.3) is 5.91 Å². The molecule has 1 saturated heterocycles. The van der Waals surface area contributed by atoms with Crippen LogP contribution in [0.3, 0.4) is 0 Å². The van der Waals surface area contributed by atoms with Crippen molar-refractivity contribution in [3.8, 4) is 0 Å². The van der Waals surface area contributed by atoms with Crippen LogP contribution in [-0.2, 0) is 11.2 Å². The van der Waals surface area contributed by atoms with E-state index in [2.05, 4.69) is 10.3 Å². The van der Waals surface area contributed by atoms with E-state index in [1.807, 2.05) is 5.38 Å². The van der Waals surface area contributed by atoms with Crippen LogP contribution in [0.15, 0.2) is 29.6 Å². The summed E-state index contributed by atoms with van der Waals surface area (Å²) >= 11 is 1.64. The van der Waals surface area contributed by atoms with Gasteiger partial charge in [0.05, 0.1) is 16.3 Å². The fourth-order valence-electron chi connectivity index (χ4n) is 3.13. The number of aromatic nitrogens is 1. The molecule has 0 bridgehead atoms. The second-order valence-corrected chi connectivity index (χ2v) is 7.35. The molecular formula is C19H22FN3O2S. The average Bonchev–Trinajstić information content (AvgIpc) is 3.10. The van der Waals surface area contributed by atoms with Gasteiger partial charge in [-0.1, -0.05) is 12.1 Å². The van der Waals surface area contributed by atoms with Crippen molar-refractivity contribution < 1.29 is 14.0 Å². The standard InChI is InChI=1S/C19H22FN3O2S/c1-13(24)21-9-6-15-12-26-18(22-15)14-7-10-23(11-8-14)19(25)16-4-2-3-5-17(16)20/h2-5,12,14H,6-11H2,1H3,(H,21,24). The zero-order valence-corrected chi connectivity index (χ0v) is 15.5. The number of rotatable bonds is 5. The minimum absolute atomic E-state index is 0.0349. The summed E-state index contributed by atoms with van der Waals surface area (Å²) in [5.74, 6) is -0.411. The van der Waals surface area contributed by atoms with Crippen LogP contribution in [0.4, 0.5) is 4.39 Å². The van der Waals surface area contributed by atoms with Gasteiger partial charge in [-0.3, -0.25) is 9.59 Å². The Labute approximate surface area is 156 Å². The van der Waals surface area contributed by atoms with Crippen LogP contribution < -0.4 is 5.32 Å². The van der Waals surface area contributed by atoms with Crippen LogP contribution in [0.1, 0.15) is 46.7 Å². The molecule has 26 heavy (non-hydrogen) atoms. The highest BCUT2D eigenvalue weighted by molar-refractivity contribution is 7.09. The van der Waals surface area contributed by atoms with E-state index in [1.165, 1.54) is 19.1 Å². The van der Waals surface area contributed by atoms with Gasteiger partial charge < -0.3 is 10.2 Å². The molecular weight excluding hydrogens is 353 g/mol. The maximum atomic E-state index is 13.8. The Morgan fingerprint density at radius 2 is 2.04 bits per heavy atom.